The SMILES string of the molecule is CCN(CC)CCOc1ccc2c(c1)CCNC2c1ccc(OC)cc1C(C)C. The molecule has 1 heterocycles. The molecular formula is C25H36N2O2. The Balaban J connectivity index is 1.81. The molecule has 0 amide bonds. The zero-order valence-corrected chi connectivity index (χ0v) is 18.6. The third-order valence-electron chi connectivity index (χ3n) is 5.97. The maximum atomic E-state index is 6.06. The van der Waals surface area contributed by atoms with Crippen LogP contribution in [0.4, 0.5) is 0 Å². The number of ether oxygens (including phenoxy) is 2. The van der Waals surface area contributed by atoms with Crippen LogP contribution in [0.5, 0.6) is 11.5 Å². The zero-order chi connectivity index (χ0) is 20.8. The lowest BCUT2D eigenvalue weighted by atomic mass is 9.85. The quantitative estimate of drug-likeness (QED) is 0.662. The first kappa shape index (κ1) is 21.7. The van der Waals surface area contributed by atoms with E-state index in [9.17, 15) is 0 Å². The van der Waals surface area contributed by atoms with Gasteiger partial charge >= 0.3 is 0 Å². The smallest absolute Gasteiger partial charge is 0.119 e. The minimum absolute atomic E-state index is 0.215. The van der Waals surface area contributed by atoms with E-state index in [0.717, 1.165) is 50.7 Å². The predicted molar refractivity (Wildman–Crippen MR) is 120 cm³/mol. The lowest BCUT2D eigenvalue weighted by Gasteiger charge is -2.30. The average molecular weight is 397 g/mol. The van der Waals surface area contributed by atoms with Gasteiger partial charge in [-0.25, -0.2) is 0 Å². The first-order valence-electron chi connectivity index (χ1n) is 11.0. The normalized spacial score (nSPS) is 16.2. The predicted octanol–water partition coefficient (Wildman–Crippen LogP) is 4.77. The summed E-state index contributed by atoms with van der Waals surface area (Å²) >= 11 is 0. The van der Waals surface area contributed by atoms with Crippen molar-refractivity contribution < 1.29 is 9.47 Å². The summed E-state index contributed by atoms with van der Waals surface area (Å²) in [5, 5.41) is 3.73. The van der Waals surface area contributed by atoms with Crippen LogP contribution >= 0.6 is 0 Å². The minimum Gasteiger partial charge on any atom is -0.497 e. The van der Waals surface area contributed by atoms with Gasteiger partial charge < -0.3 is 19.7 Å². The molecule has 0 saturated carbocycles. The Morgan fingerprint density at radius 1 is 1.03 bits per heavy atom. The fraction of sp³-hybridized carbons (Fsp3) is 0.520. The van der Waals surface area contributed by atoms with Gasteiger partial charge in [-0.05, 0) is 71.9 Å². The molecule has 0 aliphatic carbocycles. The molecule has 0 fully saturated rings. The van der Waals surface area contributed by atoms with E-state index >= 15 is 0 Å². The molecule has 3 rings (SSSR count). The summed E-state index contributed by atoms with van der Waals surface area (Å²) in [6, 6.07) is 13.3. The third-order valence-corrected chi connectivity index (χ3v) is 5.97. The van der Waals surface area contributed by atoms with Gasteiger partial charge in [-0.3, -0.25) is 0 Å². The lowest BCUT2D eigenvalue weighted by molar-refractivity contribution is 0.222. The van der Waals surface area contributed by atoms with Gasteiger partial charge in [-0.2, -0.15) is 0 Å². The summed E-state index contributed by atoms with van der Waals surface area (Å²) in [4.78, 5) is 2.38. The topological polar surface area (TPSA) is 33.7 Å². The van der Waals surface area contributed by atoms with Crippen molar-refractivity contribution in [1.82, 2.24) is 10.2 Å². The molecule has 1 atom stereocenters. The number of hydrogen-bond donors (Lipinski definition) is 1. The summed E-state index contributed by atoms with van der Waals surface area (Å²) in [5.74, 6) is 2.34. The fourth-order valence-corrected chi connectivity index (χ4v) is 4.18. The second-order valence-corrected chi connectivity index (χ2v) is 8.02. The highest BCUT2D eigenvalue weighted by molar-refractivity contribution is 5.48. The maximum absolute atomic E-state index is 6.06. The van der Waals surface area contributed by atoms with Gasteiger partial charge in [0, 0.05) is 13.1 Å². The Hall–Kier alpha value is -2.04. The van der Waals surface area contributed by atoms with Crippen molar-refractivity contribution in [3.63, 3.8) is 0 Å². The van der Waals surface area contributed by atoms with Gasteiger partial charge in [-0.15, -0.1) is 0 Å². The number of methoxy groups -OCH3 is 1. The Morgan fingerprint density at radius 3 is 2.45 bits per heavy atom. The number of benzene rings is 2. The molecule has 2 aromatic carbocycles. The van der Waals surface area contributed by atoms with E-state index in [4.69, 9.17) is 9.47 Å². The molecule has 1 aliphatic heterocycles. The number of nitrogens with one attached hydrogen (secondary N) is 1. The van der Waals surface area contributed by atoms with E-state index < -0.39 is 0 Å². The second-order valence-electron chi connectivity index (χ2n) is 8.02. The number of rotatable bonds is 9. The molecule has 1 unspecified atom stereocenters. The molecular weight excluding hydrogens is 360 g/mol. The third kappa shape index (κ3) is 5.12. The molecule has 158 valence electrons. The van der Waals surface area contributed by atoms with Crippen molar-refractivity contribution in [2.24, 2.45) is 0 Å². The number of likely N-dealkylation sites (N-methyl/N-ethyl adjacent to an activating group) is 1. The van der Waals surface area contributed by atoms with Crippen molar-refractivity contribution in [2.75, 3.05) is 39.9 Å². The summed E-state index contributed by atoms with van der Waals surface area (Å²) in [5.41, 5.74) is 5.44. The molecule has 29 heavy (non-hydrogen) atoms. The van der Waals surface area contributed by atoms with Crippen molar-refractivity contribution in [3.05, 3.63) is 58.7 Å². The molecule has 1 aliphatic rings. The molecule has 4 nitrogen and oxygen atoms in total. The van der Waals surface area contributed by atoms with E-state index in [1.54, 1.807) is 7.11 Å². The molecule has 0 bridgehead atoms. The number of nitrogens with zero attached hydrogens (tertiary/aromatic N) is 1. The molecule has 0 spiro atoms. The maximum Gasteiger partial charge on any atom is 0.119 e. The summed E-state index contributed by atoms with van der Waals surface area (Å²) in [6.45, 7) is 13.7. The monoisotopic (exact) mass is 396 g/mol. The van der Waals surface area contributed by atoms with Crippen LogP contribution in [0.2, 0.25) is 0 Å². The first-order chi connectivity index (χ1) is 14.1. The number of hydrogen-bond acceptors (Lipinski definition) is 4. The summed E-state index contributed by atoms with van der Waals surface area (Å²) in [7, 11) is 1.73. The summed E-state index contributed by atoms with van der Waals surface area (Å²) < 4.78 is 11.5. The zero-order valence-electron chi connectivity index (χ0n) is 18.6. The van der Waals surface area contributed by atoms with E-state index in [2.05, 4.69) is 74.3 Å². The van der Waals surface area contributed by atoms with Crippen molar-refractivity contribution in [1.29, 1.82) is 0 Å². The lowest BCUT2D eigenvalue weighted by Crippen LogP contribution is -2.31. The van der Waals surface area contributed by atoms with Gasteiger partial charge in [0.1, 0.15) is 18.1 Å². The highest BCUT2D eigenvalue weighted by Crippen LogP contribution is 2.36. The van der Waals surface area contributed by atoms with Crippen LogP contribution in [0.1, 0.15) is 61.9 Å². The molecule has 2 aromatic rings. The van der Waals surface area contributed by atoms with E-state index in [1.165, 1.54) is 22.3 Å². The summed E-state index contributed by atoms with van der Waals surface area (Å²) in [6.07, 6.45) is 1.03. The molecule has 1 N–H and O–H groups in total. The minimum atomic E-state index is 0.215. The van der Waals surface area contributed by atoms with Gasteiger partial charge in [-0.1, -0.05) is 39.8 Å². The largest absolute Gasteiger partial charge is 0.497 e. The second kappa shape index (κ2) is 10.1. The van der Waals surface area contributed by atoms with E-state index in [0.29, 0.717) is 5.92 Å². The van der Waals surface area contributed by atoms with Gasteiger partial charge in [0.15, 0.2) is 0 Å². The average Bonchev–Trinajstić information content (AvgIpc) is 2.75. The Bertz CT molecular complexity index is 799. The highest BCUT2D eigenvalue weighted by Gasteiger charge is 2.25. The van der Waals surface area contributed by atoms with Crippen molar-refractivity contribution in [3.8, 4) is 11.5 Å². The van der Waals surface area contributed by atoms with Crippen molar-refractivity contribution >= 4 is 0 Å². The first-order valence-corrected chi connectivity index (χ1v) is 11.0. The van der Waals surface area contributed by atoms with Crippen LogP contribution in [-0.2, 0) is 6.42 Å². The van der Waals surface area contributed by atoms with Crippen LogP contribution in [0, 0.1) is 0 Å². The van der Waals surface area contributed by atoms with E-state index in [1.807, 2.05) is 0 Å². The molecule has 0 radical (unpaired) electrons. The van der Waals surface area contributed by atoms with Crippen LogP contribution in [0.3, 0.4) is 0 Å². The highest BCUT2D eigenvalue weighted by atomic mass is 16.5. The number of fused-ring (bicyclic) bond motifs is 1. The van der Waals surface area contributed by atoms with Gasteiger partial charge in [0.05, 0.1) is 13.2 Å². The van der Waals surface area contributed by atoms with Gasteiger partial charge in [0.25, 0.3) is 0 Å². The fourth-order valence-electron chi connectivity index (χ4n) is 4.18. The molecule has 0 aromatic heterocycles. The van der Waals surface area contributed by atoms with Crippen molar-refractivity contribution in [2.45, 2.75) is 46.1 Å². The Morgan fingerprint density at radius 2 is 1.76 bits per heavy atom. The Kier molecular flexibility index (Phi) is 7.57. The van der Waals surface area contributed by atoms with Crippen LogP contribution < -0.4 is 14.8 Å². The van der Waals surface area contributed by atoms with Crippen LogP contribution in [-0.4, -0.2) is 44.8 Å². The van der Waals surface area contributed by atoms with Crippen LogP contribution in [0.15, 0.2) is 36.4 Å². The van der Waals surface area contributed by atoms with Crippen LogP contribution in [0.25, 0.3) is 0 Å². The Labute approximate surface area is 176 Å². The standard InChI is InChI=1S/C25H36N2O2/c1-6-27(7-2)14-15-29-21-9-10-22-19(16-21)12-13-26-25(22)23-11-8-20(28-5)17-24(23)18(3)4/h8-11,16-18,25-26H,6-7,12-15H2,1-5H3. The van der Waals surface area contributed by atoms with Gasteiger partial charge in [0.2, 0.25) is 0 Å². The molecule has 4 heteroatoms. The van der Waals surface area contributed by atoms with E-state index in [-0.39, 0.29) is 6.04 Å². The molecule has 0 saturated heterocycles.